The fourth-order valence-corrected chi connectivity index (χ4v) is 2.44. The highest BCUT2D eigenvalue weighted by Gasteiger charge is 2.26. The van der Waals surface area contributed by atoms with Crippen LogP contribution in [-0.4, -0.2) is 5.78 Å². The third kappa shape index (κ3) is 1.45. The van der Waals surface area contributed by atoms with E-state index in [0.29, 0.717) is 5.78 Å². The molecule has 2 atom stereocenters. The van der Waals surface area contributed by atoms with Gasteiger partial charge in [0.05, 0.1) is 0 Å². The minimum atomic E-state index is 0.357. The van der Waals surface area contributed by atoms with Crippen LogP contribution in [0.1, 0.15) is 39.0 Å². The first-order chi connectivity index (χ1) is 5.75. The van der Waals surface area contributed by atoms with Gasteiger partial charge in [0.1, 0.15) is 0 Å². The lowest BCUT2D eigenvalue weighted by molar-refractivity contribution is -0.115. The second-order valence-electron chi connectivity index (χ2n) is 4.31. The Balaban J connectivity index is 2.15. The van der Waals surface area contributed by atoms with E-state index in [2.05, 4.69) is 6.92 Å². The number of ketones is 1. The summed E-state index contributed by atoms with van der Waals surface area (Å²) in [7, 11) is 0. The summed E-state index contributed by atoms with van der Waals surface area (Å²) < 4.78 is 0. The maximum Gasteiger partial charge on any atom is 0.155 e. The normalized spacial score (nSPS) is 35.8. The molecule has 0 radical (unpaired) electrons. The van der Waals surface area contributed by atoms with Crippen LogP contribution in [0.15, 0.2) is 11.6 Å². The van der Waals surface area contributed by atoms with Crippen molar-refractivity contribution in [2.75, 3.05) is 0 Å². The van der Waals surface area contributed by atoms with E-state index in [-0.39, 0.29) is 0 Å². The van der Waals surface area contributed by atoms with Gasteiger partial charge in [0.15, 0.2) is 5.78 Å². The molecule has 12 heavy (non-hydrogen) atoms. The molecule has 0 unspecified atom stereocenters. The van der Waals surface area contributed by atoms with Crippen molar-refractivity contribution < 1.29 is 4.79 Å². The van der Waals surface area contributed by atoms with Crippen molar-refractivity contribution in [2.45, 2.75) is 39.0 Å². The monoisotopic (exact) mass is 164 g/mol. The van der Waals surface area contributed by atoms with Crippen LogP contribution in [0.5, 0.6) is 0 Å². The highest BCUT2D eigenvalue weighted by molar-refractivity contribution is 5.91. The van der Waals surface area contributed by atoms with Crippen LogP contribution in [0, 0.1) is 11.8 Å². The van der Waals surface area contributed by atoms with Crippen molar-refractivity contribution in [3.63, 3.8) is 0 Å². The van der Waals surface area contributed by atoms with Crippen molar-refractivity contribution in [3.8, 4) is 0 Å². The summed E-state index contributed by atoms with van der Waals surface area (Å²) >= 11 is 0. The van der Waals surface area contributed by atoms with Gasteiger partial charge in [0.25, 0.3) is 0 Å². The summed E-state index contributed by atoms with van der Waals surface area (Å²) in [6.45, 7) is 2.29. The molecule has 1 nitrogen and oxygen atoms in total. The zero-order valence-corrected chi connectivity index (χ0v) is 7.68. The van der Waals surface area contributed by atoms with Gasteiger partial charge in [-0.15, -0.1) is 0 Å². The van der Waals surface area contributed by atoms with E-state index in [1.165, 1.54) is 24.8 Å². The highest BCUT2D eigenvalue weighted by Crippen LogP contribution is 2.38. The maximum atomic E-state index is 11.1. The molecular weight excluding hydrogens is 148 g/mol. The molecule has 0 spiro atoms. The highest BCUT2D eigenvalue weighted by atomic mass is 16.1. The number of carbonyl (C=O) groups is 1. The third-order valence-corrected chi connectivity index (χ3v) is 3.20. The predicted octanol–water partition coefficient (Wildman–Crippen LogP) is 2.71. The minimum Gasteiger partial charge on any atom is -0.295 e. The summed E-state index contributed by atoms with van der Waals surface area (Å²) in [5.74, 6) is 1.92. The fraction of sp³-hybridized carbons (Fsp3) is 0.727. The van der Waals surface area contributed by atoms with Crippen LogP contribution >= 0.6 is 0 Å². The minimum absolute atomic E-state index is 0.357. The van der Waals surface area contributed by atoms with Crippen molar-refractivity contribution in [2.24, 2.45) is 11.8 Å². The molecule has 0 bridgehead atoms. The Morgan fingerprint density at radius 3 is 3.00 bits per heavy atom. The second kappa shape index (κ2) is 3.04. The summed E-state index contributed by atoms with van der Waals surface area (Å²) in [5, 5.41) is 0. The van der Waals surface area contributed by atoms with E-state index in [4.69, 9.17) is 0 Å². The summed E-state index contributed by atoms with van der Waals surface area (Å²) in [6.07, 6.45) is 7.69. The quantitative estimate of drug-likeness (QED) is 0.538. The van der Waals surface area contributed by atoms with E-state index in [9.17, 15) is 4.79 Å². The van der Waals surface area contributed by atoms with Crippen molar-refractivity contribution in [1.29, 1.82) is 0 Å². The maximum absolute atomic E-state index is 11.1. The summed E-state index contributed by atoms with van der Waals surface area (Å²) in [4.78, 5) is 11.1. The molecule has 1 heteroatoms. The lowest BCUT2D eigenvalue weighted by atomic mass is 9.74. The topological polar surface area (TPSA) is 17.1 Å². The molecule has 66 valence electrons. The molecule has 2 rings (SSSR count). The van der Waals surface area contributed by atoms with E-state index in [0.717, 1.165) is 24.7 Å². The Labute approximate surface area is 73.8 Å². The number of allylic oxidation sites excluding steroid dienone is 2. The zero-order valence-electron chi connectivity index (χ0n) is 7.68. The third-order valence-electron chi connectivity index (χ3n) is 3.20. The number of rotatable bonds is 0. The Kier molecular flexibility index (Phi) is 2.03. The Hall–Kier alpha value is -0.590. The standard InChI is InChI=1S/C11H16O/c1-8-2-3-9-4-5-11(12)7-10(9)6-8/h7-9H,2-6H2,1H3/t8-,9+/m1/s1. The molecule has 0 N–H and O–H groups in total. The van der Waals surface area contributed by atoms with Crippen LogP contribution in [-0.2, 0) is 4.79 Å². The van der Waals surface area contributed by atoms with Gasteiger partial charge in [-0.1, -0.05) is 12.5 Å². The van der Waals surface area contributed by atoms with Crippen LogP contribution < -0.4 is 0 Å². The molecular formula is C11H16O. The van der Waals surface area contributed by atoms with Crippen molar-refractivity contribution in [1.82, 2.24) is 0 Å². The number of hydrogen-bond acceptors (Lipinski definition) is 1. The molecule has 0 aromatic rings. The summed E-state index contributed by atoms with van der Waals surface area (Å²) in [5.41, 5.74) is 1.45. The molecule has 2 aliphatic rings. The fourth-order valence-electron chi connectivity index (χ4n) is 2.44. The van der Waals surface area contributed by atoms with Gasteiger partial charge in [0, 0.05) is 6.42 Å². The Bertz CT molecular complexity index is 227. The van der Waals surface area contributed by atoms with Crippen LogP contribution in [0.3, 0.4) is 0 Å². The zero-order chi connectivity index (χ0) is 8.55. The van der Waals surface area contributed by atoms with E-state index in [1.807, 2.05) is 6.08 Å². The molecule has 0 amide bonds. The lowest BCUT2D eigenvalue weighted by Crippen LogP contribution is -2.20. The number of fused-ring (bicyclic) bond motifs is 1. The van der Waals surface area contributed by atoms with Crippen molar-refractivity contribution >= 4 is 5.78 Å². The van der Waals surface area contributed by atoms with Gasteiger partial charge in [-0.05, 0) is 43.6 Å². The lowest BCUT2D eigenvalue weighted by Gasteiger charge is -2.31. The van der Waals surface area contributed by atoms with E-state index < -0.39 is 0 Å². The van der Waals surface area contributed by atoms with Gasteiger partial charge in [0.2, 0.25) is 0 Å². The largest absolute Gasteiger partial charge is 0.295 e. The van der Waals surface area contributed by atoms with Gasteiger partial charge >= 0.3 is 0 Å². The molecule has 1 saturated carbocycles. The molecule has 0 saturated heterocycles. The van der Waals surface area contributed by atoms with Gasteiger partial charge < -0.3 is 0 Å². The van der Waals surface area contributed by atoms with Gasteiger partial charge in [-0.2, -0.15) is 0 Å². The second-order valence-corrected chi connectivity index (χ2v) is 4.31. The van der Waals surface area contributed by atoms with Gasteiger partial charge in [-0.25, -0.2) is 0 Å². The first-order valence-corrected chi connectivity index (χ1v) is 4.99. The number of hydrogen-bond donors (Lipinski definition) is 0. The summed E-state index contributed by atoms with van der Waals surface area (Å²) in [6, 6.07) is 0. The average Bonchev–Trinajstić information content (AvgIpc) is 2.03. The van der Waals surface area contributed by atoms with Crippen molar-refractivity contribution in [3.05, 3.63) is 11.6 Å². The smallest absolute Gasteiger partial charge is 0.155 e. The SMILES string of the molecule is C[C@@H]1CC[C@H]2CCC(=O)C=C2C1. The predicted molar refractivity (Wildman–Crippen MR) is 48.8 cm³/mol. The molecule has 0 heterocycles. The molecule has 0 aromatic heterocycles. The van der Waals surface area contributed by atoms with Crippen LogP contribution in [0.25, 0.3) is 0 Å². The molecule has 1 fully saturated rings. The first-order valence-electron chi connectivity index (χ1n) is 4.99. The van der Waals surface area contributed by atoms with Gasteiger partial charge in [-0.3, -0.25) is 4.79 Å². The first kappa shape index (κ1) is 8.03. The molecule has 2 aliphatic carbocycles. The molecule has 0 aliphatic heterocycles. The van der Waals surface area contributed by atoms with Crippen LogP contribution in [0.4, 0.5) is 0 Å². The Morgan fingerprint density at radius 2 is 2.17 bits per heavy atom. The van der Waals surface area contributed by atoms with E-state index >= 15 is 0 Å². The van der Waals surface area contributed by atoms with E-state index in [1.54, 1.807) is 0 Å². The number of carbonyl (C=O) groups excluding carboxylic acids is 1. The Morgan fingerprint density at radius 1 is 1.33 bits per heavy atom. The average molecular weight is 164 g/mol. The molecule has 0 aromatic carbocycles. The van der Waals surface area contributed by atoms with Crippen LogP contribution in [0.2, 0.25) is 0 Å².